The van der Waals surface area contributed by atoms with Gasteiger partial charge in [-0.1, -0.05) is 35.5 Å². The van der Waals surface area contributed by atoms with E-state index in [1.54, 1.807) is 0 Å². The van der Waals surface area contributed by atoms with Gasteiger partial charge in [-0.05, 0) is 38.1 Å². The molecular weight excluding hydrogens is 468 g/mol. The second-order valence-corrected chi connectivity index (χ2v) is 10.3. The van der Waals surface area contributed by atoms with Gasteiger partial charge in [0.15, 0.2) is 0 Å². The summed E-state index contributed by atoms with van der Waals surface area (Å²) in [4.78, 5) is 25.4. The van der Waals surface area contributed by atoms with Gasteiger partial charge in [-0.15, -0.1) is 0 Å². The van der Waals surface area contributed by atoms with E-state index in [0.29, 0.717) is 25.2 Å². The zero-order valence-corrected chi connectivity index (χ0v) is 21.9. The SMILES string of the molecule is CC(C)Oc1ccccc1N1CCN(C[C@@H]2CC(C(=O)N3CCC(Oc4ccccc4)CC3)=NO2)CC1. The van der Waals surface area contributed by atoms with Crippen LogP contribution in [0.4, 0.5) is 5.69 Å². The lowest BCUT2D eigenvalue weighted by molar-refractivity contribution is -0.125. The third kappa shape index (κ3) is 6.55. The summed E-state index contributed by atoms with van der Waals surface area (Å²) in [6.07, 6.45) is 2.45. The smallest absolute Gasteiger partial charge is 0.271 e. The van der Waals surface area contributed by atoms with Crippen molar-refractivity contribution >= 4 is 17.3 Å². The molecule has 3 heterocycles. The van der Waals surface area contributed by atoms with Crippen LogP contribution < -0.4 is 14.4 Å². The average molecular weight is 507 g/mol. The minimum Gasteiger partial charge on any atom is -0.490 e. The maximum atomic E-state index is 13.1. The molecule has 5 rings (SSSR count). The van der Waals surface area contributed by atoms with Crippen molar-refractivity contribution in [2.24, 2.45) is 5.16 Å². The molecule has 1 atom stereocenters. The molecule has 0 N–H and O–H groups in total. The first-order valence-electron chi connectivity index (χ1n) is 13.5. The van der Waals surface area contributed by atoms with Crippen molar-refractivity contribution < 1.29 is 19.1 Å². The van der Waals surface area contributed by atoms with Crippen molar-refractivity contribution in [2.75, 3.05) is 50.7 Å². The largest absolute Gasteiger partial charge is 0.490 e. The summed E-state index contributed by atoms with van der Waals surface area (Å²) >= 11 is 0. The molecule has 2 fully saturated rings. The summed E-state index contributed by atoms with van der Waals surface area (Å²) in [6, 6.07) is 18.2. The molecule has 8 heteroatoms. The van der Waals surface area contributed by atoms with Crippen molar-refractivity contribution in [3.8, 4) is 11.5 Å². The van der Waals surface area contributed by atoms with Gasteiger partial charge in [0, 0.05) is 65.1 Å². The zero-order chi connectivity index (χ0) is 25.6. The van der Waals surface area contributed by atoms with Gasteiger partial charge < -0.3 is 24.1 Å². The number of hydrogen-bond donors (Lipinski definition) is 0. The van der Waals surface area contributed by atoms with E-state index in [0.717, 1.165) is 62.8 Å². The minimum atomic E-state index is -0.0685. The Morgan fingerprint density at radius 1 is 0.973 bits per heavy atom. The number of para-hydroxylation sites is 3. The van der Waals surface area contributed by atoms with Gasteiger partial charge in [0.25, 0.3) is 5.91 Å². The molecule has 0 saturated carbocycles. The molecule has 0 spiro atoms. The van der Waals surface area contributed by atoms with Crippen LogP contribution in [0.15, 0.2) is 59.8 Å². The Morgan fingerprint density at radius 3 is 2.41 bits per heavy atom. The van der Waals surface area contributed by atoms with E-state index in [2.05, 4.69) is 40.9 Å². The molecule has 0 aliphatic carbocycles. The number of piperazine rings is 1. The van der Waals surface area contributed by atoms with Crippen LogP contribution in [-0.2, 0) is 9.63 Å². The predicted molar refractivity (Wildman–Crippen MR) is 144 cm³/mol. The summed E-state index contributed by atoms with van der Waals surface area (Å²) in [7, 11) is 0. The Balaban J connectivity index is 1.04. The van der Waals surface area contributed by atoms with Crippen LogP contribution in [0.3, 0.4) is 0 Å². The number of rotatable bonds is 8. The molecule has 0 radical (unpaired) electrons. The van der Waals surface area contributed by atoms with Crippen molar-refractivity contribution in [3.63, 3.8) is 0 Å². The molecule has 3 aliphatic rings. The summed E-state index contributed by atoms with van der Waals surface area (Å²) in [5.41, 5.74) is 1.70. The van der Waals surface area contributed by atoms with E-state index >= 15 is 0 Å². The monoisotopic (exact) mass is 506 g/mol. The molecule has 3 aliphatic heterocycles. The maximum absolute atomic E-state index is 13.1. The second-order valence-electron chi connectivity index (χ2n) is 10.3. The summed E-state index contributed by atoms with van der Waals surface area (Å²) in [6.45, 7) is 10.00. The number of amides is 1. The number of benzene rings is 2. The molecular formula is C29H38N4O4. The van der Waals surface area contributed by atoms with E-state index in [4.69, 9.17) is 14.3 Å². The number of oxime groups is 1. The van der Waals surface area contributed by atoms with Crippen molar-refractivity contribution in [1.29, 1.82) is 0 Å². The fourth-order valence-corrected chi connectivity index (χ4v) is 5.23. The Hall–Kier alpha value is -3.26. The van der Waals surface area contributed by atoms with E-state index in [9.17, 15) is 4.79 Å². The second kappa shape index (κ2) is 11.9. The number of carbonyl (C=O) groups is 1. The normalized spacial score (nSPS) is 21.1. The first kappa shape index (κ1) is 25.4. The summed E-state index contributed by atoms with van der Waals surface area (Å²) < 4.78 is 12.1. The summed E-state index contributed by atoms with van der Waals surface area (Å²) in [5.74, 6) is 1.84. The number of anilines is 1. The lowest BCUT2D eigenvalue weighted by Gasteiger charge is -2.37. The van der Waals surface area contributed by atoms with Gasteiger partial charge >= 0.3 is 0 Å². The zero-order valence-electron chi connectivity index (χ0n) is 21.9. The number of piperidine rings is 1. The quantitative estimate of drug-likeness (QED) is 0.543. The molecule has 0 aromatic heterocycles. The third-order valence-corrected chi connectivity index (χ3v) is 7.16. The lowest BCUT2D eigenvalue weighted by Crippen LogP contribution is -2.49. The van der Waals surface area contributed by atoms with Crippen molar-refractivity contribution in [2.45, 2.75) is 51.4 Å². The van der Waals surface area contributed by atoms with Crippen LogP contribution in [0.1, 0.15) is 33.1 Å². The molecule has 2 aromatic rings. The highest BCUT2D eigenvalue weighted by molar-refractivity contribution is 6.39. The van der Waals surface area contributed by atoms with Gasteiger partial charge in [0.2, 0.25) is 0 Å². The van der Waals surface area contributed by atoms with Crippen LogP contribution in [0.2, 0.25) is 0 Å². The summed E-state index contributed by atoms with van der Waals surface area (Å²) in [5, 5.41) is 4.19. The van der Waals surface area contributed by atoms with Crippen LogP contribution in [0.25, 0.3) is 0 Å². The van der Waals surface area contributed by atoms with Gasteiger partial charge in [-0.2, -0.15) is 0 Å². The fourth-order valence-electron chi connectivity index (χ4n) is 5.23. The molecule has 0 bridgehead atoms. The predicted octanol–water partition coefficient (Wildman–Crippen LogP) is 3.81. The van der Waals surface area contributed by atoms with Gasteiger partial charge in [0.05, 0.1) is 11.8 Å². The Morgan fingerprint density at radius 2 is 1.68 bits per heavy atom. The fraction of sp³-hybridized carbons (Fsp3) is 0.517. The van der Waals surface area contributed by atoms with E-state index < -0.39 is 0 Å². The number of ether oxygens (including phenoxy) is 2. The van der Waals surface area contributed by atoms with Crippen molar-refractivity contribution in [1.82, 2.24) is 9.80 Å². The maximum Gasteiger partial charge on any atom is 0.271 e. The van der Waals surface area contributed by atoms with E-state index in [1.807, 2.05) is 47.4 Å². The number of hydrogen-bond acceptors (Lipinski definition) is 7. The lowest BCUT2D eigenvalue weighted by atomic mass is 10.1. The highest BCUT2D eigenvalue weighted by Gasteiger charge is 2.33. The van der Waals surface area contributed by atoms with E-state index in [-0.39, 0.29) is 24.2 Å². The Bertz CT molecular complexity index is 1060. The number of carbonyl (C=O) groups excluding carboxylic acids is 1. The van der Waals surface area contributed by atoms with Gasteiger partial charge in [-0.3, -0.25) is 9.69 Å². The van der Waals surface area contributed by atoms with Gasteiger partial charge in [-0.25, -0.2) is 0 Å². The molecule has 37 heavy (non-hydrogen) atoms. The van der Waals surface area contributed by atoms with Crippen molar-refractivity contribution in [3.05, 3.63) is 54.6 Å². The highest BCUT2D eigenvalue weighted by Crippen LogP contribution is 2.30. The first-order chi connectivity index (χ1) is 18.0. The standard InChI is InChI=1S/C29H38N4O4/c1-22(2)35-28-11-7-6-10-27(28)32-18-16-31(17-19-32)21-25-20-26(30-37-25)29(34)33-14-12-24(13-15-33)36-23-8-4-3-5-9-23/h3-11,22,24-25H,12-21H2,1-2H3/t25-/m0/s1. The third-order valence-electron chi connectivity index (χ3n) is 7.16. The molecule has 198 valence electrons. The highest BCUT2D eigenvalue weighted by atomic mass is 16.6. The molecule has 1 amide bonds. The van der Waals surface area contributed by atoms with Gasteiger partial charge in [0.1, 0.15) is 29.4 Å². The molecule has 2 aromatic carbocycles. The average Bonchev–Trinajstić information content (AvgIpc) is 3.38. The Kier molecular flexibility index (Phi) is 8.14. The van der Waals surface area contributed by atoms with Crippen LogP contribution in [-0.4, -0.2) is 85.5 Å². The molecule has 0 unspecified atom stereocenters. The van der Waals surface area contributed by atoms with E-state index in [1.165, 1.54) is 0 Å². The van der Waals surface area contributed by atoms with Crippen LogP contribution >= 0.6 is 0 Å². The molecule has 8 nitrogen and oxygen atoms in total. The molecule has 2 saturated heterocycles. The number of nitrogens with zero attached hydrogens (tertiary/aromatic N) is 4. The van der Waals surface area contributed by atoms with Crippen LogP contribution in [0.5, 0.6) is 11.5 Å². The topological polar surface area (TPSA) is 66.8 Å². The number of likely N-dealkylation sites (tertiary alicyclic amines) is 1. The minimum absolute atomic E-state index is 0.00670. The van der Waals surface area contributed by atoms with Crippen LogP contribution in [0, 0.1) is 0 Å². The Labute approximate surface area is 219 Å². The first-order valence-corrected chi connectivity index (χ1v) is 13.5.